The van der Waals surface area contributed by atoms with Crippen LogP contribution >= 0.6 is 12.4 Å². The predicted octanol–water partition coefficient (Wildman–Crippen LogP) is 4.83. The van der Waals surface area contributed by atoms with E-state index in [1.807, 2.05) is 41.1 Å². The van der Waals surface area contributed by atoms with E-state index in [1.54, 1.807) is 24.7 Å². The van der Waals surface area contributed by atoms with E-state index in [4.69, 9.17) is 4.42 Å². The average Bonchev–Trinajstić information content (AvgIpc) is 3.19. The van der Waals surface area contributed by atoms with E-state index in [-0.39, 0.29) is 24.3 Å². The van der Waals surface area contributed by atoms with E-state index >= 15 is 0 Å². The van der Waals surface area contributed by atoms with Gasteiger partial charge in [-0.25, -0.2) is 9.37 Å². The van der Waals surface area contributed by atoms with E-state index in [0.717, 1.165) is 22.3 Å². The molecule has 0 aliphatic heterocycles. The first-order valence-electron chi connectivity index (χ1n) is 7.02. The summed E-state index contributed by atoms with van der Waals surface area (Å²) in [7, 11) is 0. The van der Waals surface area contributed by atoms with Crippen LogP contribution in [0.25, 0.3) is 11.0 Å². The maximum absolute atomic E-state index is 13.2. The van der Waals surface area contributed by atoms with Crippen molar-refractivity contribution in [1.82, 2.24) is 9.55 Å². The van der Waals surface area contributed by atoms with Gasteiger partial charge in [-0.2, -0.15) is 0 Å². The molecule has 2 heterocycles. The number of hydrogen-bond acceptors (Lipinski definition) is 2. The number of hydrogen-bond donors (Lipinski definition) is 0. The number of furan rings is 1. The average molecular weight is 329 g/mol. The fourth-order valence-corrected chi connectivity index (χ4v) is 2.69. The topological polar surface area (TPSA) is 31.0 Å². The molecule has 1 atom stereocenters. The summed E-state index contributed by atoms with van der Waals surface area (Å²) in [5.74, 6) is 0.545. The molecule has 0 spiro atoms. The molecule has 23 heavy (non-hydrogen) atoms. The number of rotatable bonds is 3. The number of benzene rings is 2. The maximum Gasteiger partial charge on any atom is 0.134 e. The molecule has 4 aromatic rings. The maximum atomic E-state index is 13.2. The first-order valence-corrected chi connectivity index (χ1v) is 7.02. The van der Waals surface area contributed by atoms with E-state index in [2.05, 4.69) is 4.98 Å². The van der Waals surface area contributed by atoms with Crippen molar-refractivity contribution in [3.05, 3.63) is 90.5 Å². The zero-order chi connectivity index (χ0) is 14.9. The molecule has 0 amide bonds. The molecule has 4 rings (SSSR count). The number of halogens is 2. The van der Waals surface area contributed by atoms with Crippen LogP contribution in [0.5, 0.6) is 0 Å². The van der Waals surface area contributed by atoms with Crippen molar-refractivity contribution < 1.29 is 8.81 Å². The summed E-state index contributed by atoms with van der Waals surface area (Å²) >= 11 is 0. The molecule has 0 aliphatic rings. The summed E-state index contributed by atoms with van der Waals surface area (Å²) in [4.78, 5) is 4.11. The molecule has 0 fully saturated rings. The van der Waals surface area contributed by atoms with E-state index in [9.17, 15) is 4.39 Å². The Bertz CT molecular complexity index is 867. The summed E-state index contributed by atoms with van der Waals surface area (Å²) in [5.41, 5.74) is 1.78. The van der Waals surface area contributed by atoms with Crippen LogP contribution in [0.1, 0.15) is 17.4 Å². The molecule has 1 unspecified atom stereocenters. The van der Waals surface area contributed by atoms with Gasteiger partial charge in [-0.3, -0.25) is 0 Å². The van der Waals surface area contributed by atoms with Crippen LogP contribution in [0.4, 0.5) is 4.39 Å². The molecule has 0 aliphatic carbocycles. The van der Waals surface area contributed by atoms with Crippen molar-refractivity contribution >= 4 is 23.4 Å². The third-order valence-electron chi connectivity index (χ3n) is 3.72. The largest absolute Gasteiger partial charge is 0.458 e. The van der Waals surface area contributed by atoms with Gasteiger partial charge in [-0.15, -0.1) is 12.4 Å². The molecule has 0 saturated carbocycles. The molecule has 0 radical (unpaired) electrons. The molecular formula is C18H14ClFN2O. The van der Waals surface area contributed by atoms with Gasteiger partial charge in [0.25, 0.3) is 0 Å². The summed E-state index contributed by atoms with van der Waals surface area (Å²) < 4.78 is 21.2. The zero-order valence-corrected chi connectivity index (χ0v) is 12.9. The van der Waals surface area contributed by atoms with Gasteiger partial charge in [0, 0.05) is 17.8 Å². The Labute approximate surface area is 138 Å². The van der Waals surface area contributed by atoms with Crippen molar-refractivity contribution in [2.45, 2.75) is 6.04 Å². The highest BCUT2D eigenvalue weighted by molar-refractivity contribution is 5.85. The number of fused-ring (bicyclic) bond motifs is 1. The molecule has 2 aromatic heterocycles. The normalized spacial score (nSPS) is 12.0. The molecule has 5 heteroatoms. The van der Waals surface area contributed by atoms with Crippen LogP contribution in [-0.2, 0) is 0 Å². The van der Waals surface area contributed by atoms with Gasteiger partial charge in [-0.1, -0.05) is 30.3 Å². The van der Waals surface area contributed by atoms with Crippen LogP contribution in [0.15, 0.2) is 77.7 Å². The highest BCUT2D eigenvalue weighted by Gasteiger charge is 2.20. The standard InChI is InChI=1S/C18H13FN2O.ClH/c19-15-7-5-13(6-8-15)18(21-10-9-20-12-21)17-11-14-3-1-2-4-16(14)22-17;/h1-12,18H;1H. The molecule has 116 valence electrons. The van der Waals surface area contributed by atoms with E-state index < -0.39 is 0 Å². The highest BCUT2D eigenvalue weighted by atomic mass is 35.5. The fourth-order valence-electron chi connectivity index (χ4n) is 2.69. The van der Waals surface area contributed by atoms with Crippen molar-refractivity contribution in [3.63, 3.8) is 0 Å². The minimum atomic E-state index is -0.252. The third kappa shape index (κ3) is 2.85. The zero-order valence-electron chi connectivity index (χ0n) is 12.1. The summed E-state index contributed by atoms with van der Waals surface area (Å²) in [6.07, 6.45) is 5.33. The van der Waals surface area contributed by atoms with Crippen LogP contribution in [0.3, 0.4) is 0 Å². The first-order chi connectivity index (χ1) is 10.8. The van der Waals surface area contributed by atoms with E-state index in [1.165, 1.54) is 12.1 Å². The van der Waals surface area contributed by atoms with Gasteiger partial charge in [-0.05, 0) is 29.8 Å². The number of imidazole rings is 1. The lowest BCUT2D eigenvalue weighted by Gasteiger charge is -2.16. The van der Waals surface area contributed by atoms with Crippen LogP contribution in [-0.4, -0.2) is 9.55 Å². The summed E-state index contributed by atoms with van der Waals surface area (Å²) in [6, 6.07) is 16.2. The Kier molecular flexibility index (Phi) is 4.17. The Balaban J connectivity index is 0.00000156. The van der Waals surface area contributed by atoms with Crippen molar-refractivity contribution in [2.24, 2.45) is 0 Å². The second-order valence-corrected chi connectivity index (χ2v) is 5.15. The number of aromatic nitrogens is 2. The summed E-state index contributed by atoms with van der Waals surface area (Å²) in [6.45, 7) is 0. The minimum Gasteiger partial charge on any atom is -0.458 e. The Morgan fingerprint density at radius 2 is 1.83 bits per heavy atom. The second-order valence-electron chi connectivity index (χ2n) is 5.15. The van der Waals surface area contributed by atoms with Crippen molar-refractivity contribution in [3.8, 4) is 0 Å². The molecule has 0 saturated heterocycles. The predicted molar refractivity (Wildman–Crippen MR) is 89.3 cm³/mol. The summed E-state index contributed by atoms with van der Waals surface area (Å²) in [5, 5.41) is 1.05. The van der Waals surface area contributed by atoms with Gasteiger partial charge in [0.2, 0.25) is 0 Å². The van der Waals surface area contributed by atoms with Gasteiger partial charge in [0.05, 0.1) is 6.33 Å². The van der Waals surface area contributed by atoms with Gasteiger partial charge < -0.3 is 8.98 Å². The lowest BCUT2D eigenvalue weighted by Crippen LogP contribution is -2.09. The van der Waals surface area contributed by atoms with Crippen LogP contribution in [0.2, 0.25) is 0 Å². The number of nitrogens with zero attached hydrogens (tertiary/aromatic N) is 2. The van der Waals surface area contributed by atoms with Crippen molar-refractivity contribution in [2.75, 3.05) is 0 Å². The van der Waals surface area contributed by atoms with Gasteiger partial charge in [0.15, 0.2) is 0 Å². The smallest absolute Gasteiger partial charge is 0.134 e. The molecule has 3 nitrogen and oxygen atoms in total. The SMILES string of the molecule is Cl.Fc1ccc(C(c2cc3ccccc3o2)n2ccnc2)cc1. The quantitative estimate of drug-likeness (QED) is 0.539. The van der Waals surface area contributed by atoms with Gasteiger partial charge in [0.1, 0.15) is 23.2 Å². The van der Waals surface area contributed by atoms with Crippen LogP contribution < -0.4 is 0 Å². The monoisotopic (exact) mass is 328 g/mol. The molecular weight excluding hydrogens is 315 g/mol. The first kappa shape index (κ1) is 15.3. The Morgan fingerprint density at radius 3 is 2.52 bits per heavy atom. The lowest BCUT2D eigenvalue weighted by atomic mass is 10.0. The molecule has 2 aromatic carbocycles. The minimum absolute atomic E-state index is 0. The fraction of sp³-hybridized carbons (Fsp3) is 0.0556. The second kappa shape index (κ2) is 6.26. The lowest BCUT2D eigenvalue weighted by molar-refractivity contribution is 0.487. The van der Waals surface area contributed by atoms with Crippen LogP contribution in [0, 0.1) is 5.82 Å². The van der Waals surface area contributed by atoms with Crippen molar-refractivity contribution in [1.29, 1.82) is 0 Å². The Morgan fingerprint density at radius 1 is 1.04 bits per heavy atom. The Hall–Kier alpha value is -2.59. The molecule has 0 N–H and O–H groups in total. The third-order valence-corrected chi connectivity index (χ3v) is 3.72. The molecule has 0 bridgehead atoms. The van der Waals surface area contributed by atoms with E-state index in [0.29, 0.717) is 0 Å². The highest BCUT2D eigenvalue weighted by Crippen LogP contribution is 2.31. The number of para-hydroxylation sites is 1. The van der Waals surface area contributed by atoms with Gasteiger partial charge >= 0.3 is 0 Å².